The SMILES string of the molecule is COC(=O)CC[C@@H](C)[C@H]1CC[C@H]2[C@@H]3[C@H](OC(=O)C[N+]4(C)CCCCC4)C[C@@H]4C[C@H](OC(=O)C[N+]5(C)CCCCC5)CC[C@]4(C)[C@H]3CC[C@]12C.[Cl-].[Cl-]. The lowest BCUT2D eigenvalue weighted by Crippen LogP contribution is -3.00. The van der Waals surface area contributed by atoms with Crippen LogP contribution in [0.2, 0.25) is 0 Å². The van der Waals surface area contributed by atoms with Gasteiger partial charge in [0.05, 0.1) is 47.4 Å². The maximum atomic E-state index is 13.9. The van der Waals surface area contributed by atoms with Gasteiger partial charge in [-0.2, -0.15) is 0 Å². The Morgan fingerprint density at radius 3 is 1.84 bits per heavy atom. The van der Waals surface area contributed by atoms with E-state index in [0.717, 1.165) is 67.2 Å². The van der Waals surface area contributed by atoms with Crippen LogP contribution in [0.4, 0.5) is 0 Å². The summed E-state index contributed by atoms with van der Waals surface area (Å²) in [6.45, 7) is 12.6. The van der Waals surface area contributed by atoms with E-state index >= 15 is 0 Å². The quantitative estimate of drug-likeness (QED) is 0.188. The number of carbonyl (C=O) groups excluding carboxylic acids is 3. The number of esters is 3. The Bertz CT molecular complexity index is 1210. The molecule has 0 aromatic rings. The normalized spacial score (nSPS) is 38.6. The van der Waals surface area contributed by atoms with Gasteiger partial charge in [0.1, 0.15) is 12.2 Å². The Balaban J connectivity index is 0.00000292. The van der Waals surface area contributed by atoms with Crippen LogP contribution >= 0.6 is 0 Å². The van der Waals surface area contributed by atoms with Crippen LogP contribution in [-0.4, -0.2) is 99.6 Å². The second-order valence-corrected chi connectivity index (χ2v) is 19.0. The summed E-state index contributed by atoms with van der Waals surface area (Å²) in [5, 5.41) is 0. The van der Waals surface area contributed by atoms with Gasteiger partial charge in [0.2, 0.25) is 0 Å². The van der Waals surface area contributed by atoms with E-state index in [2.05, 4.69) is 34.9 Å². The summed E-state index contributed by atoms with van der Waals surface area (Å²) in [6.07, 6.45) is 17.1. The highest BCUT2D eigenvalue weighted by Gasteiger charge is 2.64. The monoisotopic (exact) mass is 756 g/mol. The molecule has 8 nitrogen and oxygen atoms in total. The Morgan fingerprint density at radius 1 is 0.706 bits per heavy atom. The molecule has 2 heterocycles. The van der Waals surface area contributed by atoms with Crippen LogP contribution in [-0.2, 0) is 28.6 Å². The fraction of sp³-hybridized carbons (Fsp3) is 0.927. The molecule has 6 aliphatic rings. The standard InChI is InChI=1S/C41H70N2O6.2ClH/c1-29(13-16-36(44)47-6)32-14-15-33-39-34(18-20-41(32,33)3)40(2)19-17-31(48-37(45)27-42(4)21-9-7-10-22-42)25-30(40)26-35(39)49-38(46)28-43(5)23-11-8-12-24-43;;/h29-35,39H,7-28H2,1-6H3;2*1H/q+2;;/p-2/t29-,30+,31-,32-,33+,34+,35-,39+,40+,41-;;/m1../s1. The van der Waals surface area contributed by atoms with Gasteiger partial charge in [-0.1, -0.05) is 20.8 Å². The number of methoxy groups -OCH3 is 1. The van der Waals surface area contributed by atoms with Crippen molar-refractivity contribution in [3.8, 4) is 0 Å². The molecule has 0 amide bonds. The summed E-state index contributed by atoms with van der Waals surface area (Å²) in [7, 11) is 5.94. The number of fused-ring (bicyclic) bond motifs is 5. The average Bonchev–Trinajstić information content (AvgIpc) is 3.41. The first-order chi connectivity index (χ1) is 23.3. The molecule has 4 aliphatic carbocycles. The third-order valence-corrected chi connectivity index (χ3v) is 15.8. The second-order valence-electron chi connectivity index (χ2n) is 19.0. The molecular weight excluding hydrogens is 687 g/mol. The van der Waals surface area contributed by atoms with Crippen molar-refractivity contribution in [1.82, 2.24) is 0 Å². The van der Waals surface area contributed by atoms with E-state index in [-0.39, 0.29) is 65.8 Å². The molecule has 10 atom stereocenters. The second kappa shape index (κ2) is 17.1. The molecule has 2 saturated heterocycles. The summed E-state index contributed by atoms with van der Waals surface area (Å²) >= 11 is 0. The number of piperidine rings is 2. The topological polar surface area (TPSA) is 78.9 Å². The van der Waals surface area contributed by atoms with E-state index in [1.165, 1.54) is 71.3 Å². The number of ether oxygens (including phenoxy) is 3. The number of nitrogens with zero attached hydrogens (tertiary/aromatic N) is 2. The van der Waals surface area contributed by atoms with Gasteiger partial charge < -0.3 is 48.0 Å². The highest BCUT2D eigenvalue weighted by molar-refractivity contribution is 5.71. The van der Waals surface area contributed by atoms with Crippen LogP contribution < -0.4 is 24.8 Å². The van der Waals surface area contributed by atoms with E-state index in [1.54, 1.807) is 0 Å². The summed E-state index contributed by atoms with van der Waals surface area (Å²) < 4.78 is 19.7. The van der Waals surface area contributed by atoms with Crippen molar-refractivity contribution < 1.29 is 62.4 Å². The molecule has 6 rings (SSSR count). The molecule has 51 heavy (non-hydrogen) atoms. The van der Waals surface area contributed by atoms with Crippen molar-refractivity contribution in [2.24, 2.45) is 46.3 Å². The molecule has 0 unspecified atom stereocenters. The molecule has 10 heteroatoms. The average molecular weight is 758 g/mol. The van der Waals surface area contributed by atoms with Crippen LogP contribution in [0.3, 0.4) is 0 Å². The van der Waals surface area contributed by atoms with Gasteiger partial charge in [-0.3, -0.25) is 4.79 Å². The Kier molecular flexibility index (Phi) is 14.3. The maximum absolute atomic E-state index is 13.9. The molecule has 6 fully saturated rings. The molecule has 0 spiro atoms. The number of quaternary nitrogens is 2. The number of hydrogen-bond donors (Lipinski definition) is 0. The maximum Gasteiger partial charge on any atom is 0.362 e. The number of likely N-dealkylation sites (N-methyl/N-ethyl adjacent to an activating group) is 2. The molecular formula is C41H70Cl2N2O6. The Labute approximate surface area is 321 Å². The first kappa shape index (κ1) is 42.6. The summed E-state index contributed by atoms with van der Waals surface area (Å²) in [4.78, 5) is 39.2. The van der Waals surface area contributed by atoms with Gasteiger partial charge >= 0.3 is 17.9 Å². The van der Waals surface area contributed by atoms with Crippen LogP contribution in [0.25, 0.3) is 0 Å². The van der Waals surface area contributed by atoms with Crippen molar-refractivity contribution in [2.45, 2.75) is 136 Å². The van der Waals surface area contributed by atoms with E-state index in [9.17, 15) is 14.4 Å². The highest BCUT2D eigenvalue weighted by Crippen LogP contribution is 2.69. The molecule has 0 aromatic carbocycles. The number of rotatable bonds is 10. The highest BCUT2D eigenvalue weighted by atomic mass is 35.5. The van der Waals surface area contributed by atoms with E-state index in [4.69, 9.17) is 14.2 Å². The zero-order valence-corrected chi connectivity index (χ0v) is 34.3. The van der Waals surface area contributed by atoms with E-state index < -0.39 is 0 Å². The van der Waals surface area contributed by atoms with Gasteiger partial charge in [-0.05, 0) is 137 Å². The van der Waals surface area contributed by atoms with Crippen molar-refractivity contribution in [2.75, 3.05) is 60.5 Å². The molecule has 0 N–H and O–H groups in total. The van der Waals surface area contributed by atoms with Gasteiger partial charge in [0.25, 0.3) is 0 Å². The predicted octanol–water partition coefficient (Wildman–Crippen LogP) is 0.937. The molecule has 294 valence electrons. The fourth-order valence-electron chi connectivity index (χ4n) is 12.9. The van der Waals surface area contributed by atoms with Crippen molar-refractivity contribution in [3.63, 3.8) is 0 Å². The smallest absolute Gasteiger partial charge is 0.362 e. The first-order valence-corrected chi connectivity index (χ1v) is 20.4. The van der Waals surface area contributed by atoms with Crippen molar-refractivity contribution in [3.05, 3.63) is 0 Å². The lowest BCUT2D eigenvalue weighted by molar-refractivity contribution is -0.907. The molecule has 0 aromatic heterocycles. The Morgan fingerprint density at radius 2 is 1.25 bits per heavy atom. The minimum Gasteiger partial charge on any atom is -1.00 e. The van der Waals surface area contributed by atoms with E-state index in [0.29, 0.717) is 55.0 Å². The zero-order valence-electron chi connectivity index (χ0n) is 32.8. The first-order valence-electron chi connectivity index (χ1n) is 20.4. The lowest BCUT2D eigenvalue weighted by Gasteiger charge is -2.63. The van der Waals surface area contributed by atoms with Crippen LogP contribution in [0.15, 0.2) is 0 Å². The van der Waals surface area contributed by atoms with Crippen molar-refractivity contribution >= 4 is 17.9 Å². The largest absolute Gasteiger partial charge is 1.00 e. The number of likely N-dealkylation sites (tertiary alicyclic amines) is 2. The zero-order chi connectivity index (χ0) is 35.0. The molecule has 0 radical (unpaired) electrons. The minimum absolute atomic E-state index is 0. The predicted molar refractivity (Wildman–Crippen MR) is 190 cm³/mol. The van der Waals surface area contributed by atoms with E-state index in [1.807, 2.05) is 0 Å². The fourth-order valence-corrected chi connectivity index (χ4v) is 12.9. The molecule has 2 aliphatic heterocycles. The van der Waals surface area contributed by atoms with Crippen LogP contribution in [0, 0.1) is 46.3 Å². The van der Waals surface area contributed by atoms with Crippen molar-refractivity contribution in [1.29, 1.82) is 0 Å². The number of hydrogen-bond acceptors (Lipinski definition) is 6. The lowest BCUT2D eigenvalue weighted by atomic mass is 9.43. The van der Waals surface area contributed by atoms with Crippen LogP contribution in [0.5, 0.6) is 0 Å². The van der Waals surface area contributed by atoms with Gasteiger partial charge in [0, 0.05) is 12.3 Å². The molecule has 4 saturated carbocycles. The minimum atomic E-state index is -0.109. The molecule has 0 bridgehead atoms. The van der Waals surface area contributed by atoms with Crippen LogP contribution in [0.1, 0.15) is 124 Å². The van der Waals surface area contributed by atoms with Gasteiger partial charge in [-0.15, -0.1) is 0 Å². The summed E-state index contributed by atoms with van der Waals surface area (Å²) in [5.74, 6) is 2.68. The third-order valence-electron chi connectivity index (χ3n) is 15.8. The van der Waals surface area contributed by atoms with Gasteiger partial charge in [0.15, 0.2) is 13.1 Å². The number of halogens is 2. The van der Waals surface area contributed by atoms with Gasteiger partial charge in [-0.25, -0.2) is 9.59 Å². The third kappa shape index (κ3) is 9.07. The number of carbonyl (C=O) groups is 3. The summed E-state index contributed by atoms with van der Waals surface area (Å²) in [5.41, 5.74) is 0.361. The summed E-state index contributed by atoms with van der Waals surface area (Å²) in [6, 6.07) is 0. The Hall–Kier alpha value is -1.09.